The van der Waals surface area contributed by atoms with Gasteiger partial charge < -0.3 is 19.8 Å². The zero-order valence-electron chi connectivity index (χ0n) is 15.2. The summed E-state index contributed by atoms with van der Waals surface area (Å²) in [6, 6.07) is 6.38. The highest BCUT2D eigenvalue weighted by Crippen LogP contribution is 2.25. The van der Waals surface area contributed by atoms with Crippen molar-refractivity contribution >= 4 is 15.9 Å². The number of nitrogens with zero attached hydrogens (tertiary/aromatic N) is 1. The van der Waals surface area contributed by atoms with E-state index in [-0.39, 0.29) is 23.8 Å². The number of hydrogen-bond acceptors (Lipinski definition) is 6. The third kappa shape index (κ3) is 4.67. The van der Waals surface area contributed by atoms with Crippen molar-refractivity contribution in [2.24, 2.45) is 0 Å². The van der Waals surface area contributed by atoms with Gasteiger partial charge in [0.1, 0.15) is 18.3 Å². The number of benzene rings is 1. The Labute approximate surface area is 159 Å². The van der Waals surface area contributed by atoms with E-state index in [9.17, 15) is 23.4 Å². The minimum absolute atomic E-state index is 0.0283. The number of aliphatic hydroxyl groups excluding tert-OH is 2. The van der Waals surface area contributed by atoms with Gasteiger partial charge in [0.25, 0.3) is 0 Å². The lowest BCUT2D eigenvalue weighted by atomic mass is 10.1. The molecular formula is C18H26N2O6S. The molecule has 0 bridgehead atoms. The SMILES string of the molecule is Cc1ccc(S(=O)(=O)NC[C@H]2O[C@@H](CC(=O)N3CCCC3)[C@H](O)[C@@H]2O)cc1. The normalized spacial score (nSPS) is 28.6. The first-order valence-corrected chi connectivity index (χ1v) is 10.6. The van der Waals surface area contributed by atoms with Crippen LogP contribution < -0.4 is 4.72 Å². The van der Waals surface area contributed by atoms with Crippen molar-refractivity contribution in [1.29, 1.82) is 0 Å². The quantitative estimate of drug-likeness (QED) is 0.610. The summed E-state index contributed by atoms with van der Waals surface area (Å²) in [5, 5.41) is 20.3. The summed E-state index contributed by atoms with van der Waals surface area (Å²) in [4.78, 5) is 14.1. The van der Waals surface area contributed by atoms with Crippen LogP contribution >= 0.6 is 0 Å². The molecule has 27 heavy (non-hydrogen) atoms. The summed E-state index contributed by atoms with van der Waals surface area (Å²) in [6.07, 6.45) is -2.36. The minimum Gasteiger partial charge on any atom is -0.388 e. The van der Waals surface area contributed by atoms with Crippen molar-refractivity contribution in [1.82, 2.24) is 9.62 Å². The molecule has 2 aliphatic heterocycles. The highest BCUT2D eigenvalue weighted by molar-refractivity contribution is 7.89. The Bertz CT molecular complexity index is 761. The zero-order chi connectivity index (χ0) is 19.6. The van der Waals surface area contributed by atoms with E-state index in [1.165, 1.54) is 12.1 Å². The number of aliphatic hydroxyl groups is 2. The van der Waals surface area contributed by atoms with E-state index in [1.807, 2.05) is 6.92 Å². The molecule has 0 aliphatic carbocycles. The molecule has 3 rings (SSSR count). The molecule has 9 heteroatoms. The summed E-state index contributed by atoms with van der Waals surface area (Å²) >= 11 is 0. The van der Waals surface area contributed by atoms with Crippen LogP contribution in [-0.2, 0) is 19.6 Å². The Morgan fingerprint density at radius 2 is 1.74 bits per heavy atom. The minimum atomic E-state index is -3.76. The van der Waals surface area contributed by atoms with Gasteiger partial charge in [-0.1, -0.05) is 17.7 Å². The summed E-state index contributed by atoms with van der Waals surface area (Å²) in [7, 11) is -3.76. The predicted molar refractivity (Wildman–Crippen MR) is 97.5 cm³/mol. The molecule has 1 amide bonds. The van der Waals surface area contributed by atoms with E-state index in [4.69, 9.17) is 4.74 Å². The van der Waals surface area contributed by atoms with E-state index < -0.39 is 34.4 Å². The standard InChI is InChI=1S/C18H26N2O6S/c1-12-4-6-13(7-5-12)27(24,25)19-11-15-18(23)17(22)14(26-15)10-16(21)20-8-2-3-9-20/h4-7,14-15,17-19,22-23H,2-3,8-11H2,1H3/t14-,15+,17-,18+/m0/s1. The predicted octanol–water partition coefficient (Wildman–Crippen LogP) is -0.225. The van der Waals surface area contributed by atoms with Crippen LogP contribution in [0.3, 0.4) is 0 Å². The number of likely N-dealkylation sites (tertiary alicyclic amines) is 1. The number of hydrogen-bond donors (Lipinski definition) is 3. The van der Waals surface area contributed by atoms with Crippen molar-refractivity contribution in [3.8, 4) is 0 Å². The first-order chi connectivity index (χ1) is 12.8. The highest BCUT2D eigenvalue weighted by Gasteiger charge is 2.44. The van der Waals surface area contributed by atoms with Crippen molar-refractivity contribution < 1.29 is 28.2 Å². The molecule has 0 spiro atoms. The van der Waals surface area contributed by atoms with E-state index in [0.717, 1.165) is 18.4 Å². The Kier molecular flexibility index (Phi) is 6.17. The molecule has 8 nitrogen and oxygen atoms in total. The molecular weight excluding hydrogens is 372 g/mol. The molecule has 2 fully saturated rings. The van der Waals surface area contributed by atoms with Gasteiger partial charge in [0.2, 0.25) is 15.9 Å². The van der Waals surface area contributed by atoms with Gasteiger partial charge in [-0.2, -0.15) is 0 Å². The van der Waals surface area contributed by atoms with E-state index in [0.29, 0.717) is 13.1 Å². The van der Waals surface area contributed by atoms with Gasteiger partial charge in [-0.15, -0.1) is 0 Å². The van der Waals surface area contributed by atoms with Gasteiger partial charge in [-0.05, 0) is 31.9 Å². The maximum absolute atomic E-state index is 12.4. The van der Waals surface area contributed by atoms with Gasteiger partial charge in [0, 0.05) is 19.6 Å². The summed E-state index contributed by atoms with van der Waals surface area (Å²) < 4.78 is 32.7. The van der Waals surface area contributed by atoms with Gasteiger partial charge >= 0.3 is 0 Å². The number of aryl methyl sites for hydroxylation is 1. The highest BCUT2D eigenvalue weighted by atomic mass is 32.2. The van der Waals surface area contributed by atoms with E-state index in [1.54, 1.807) is 17.0 Å². The third-order valence-corrected chi connectivity index (χ3v) is 6.54. The Balaban J connectivity index is 1.57. The molecule has 2 heterocycles. The molecule has 0 aromatic heterocycles. The number of rotatable bonds is 6. The van der Waals surface area contributed by atoms with Crippen molar-refractivity contribution in [2.75, 3.05) is 19.6 Å². The fourth-order valence-electron chi connectivity index (χ4n) is 3.42. The molecule has 3 N–H and O–H groups in total. The molecule has 1 aromatic rings. The lowest BCUT2D eigenvalue weighted by molar-refractivity contribution is -0.134. The monoisotopic (exact) mass is 398 g/mol. The smallest absolute Gasteiger partial charge is 0.240 e. The molecule has 150 valence electrons. The molecule has 1 aromatic carbocycles. The fourth-order valence-corrected chi connectivity index (χ4v) is 4.47. The van der Waals surface area contributed by atoms with Crippen molar-refractivity contribution in [3.05, 3.63) is 29.8 Å². The third-order valence-electron chi connectivity index (χ3n) is 5.10. The number of carbonyl (C=O) groups excluding carboxylic acids is 1. The number of amides is 1. The first-order valence-electron chi connectivity index (χ1n) is 9.13. The summed E-state index contributed by atoms with van der Waals surface area (Å²) in [5.41, 5.74) is 0.942. The summed E-state index contributed by atoms with van der Waals surface area (Å²) in [5.74, 6) is -0.121. The van der Waals surface area contributed by atoms with E-state index >= 15 is 0 Å². The van der Waals surface area contributed by atoms with Crippen LogP contribution in [0.4, 0.5) is 0 Å². The molecule has 4 atom stereocenters. The molecule has 2 aliphatic rings. The average molecular weight is 398 g/mol. The van der Waals surface area contributed by atoms with Crippen molar-refractivity contribution in [3.63, 3.8) is 0 Å². The van der Waals surface area contributed by atoms with Gasteiger partial charge in [-0.3, -0.25) is 4.79 Å². The lowest BCUT2D eigenvalue weighted by Crippen LogP contribution is -2.40. The maximum Gasteiger partial charge on any atom is 0.240 e. The first kappa shape index (κ1) is 20.2. The van der Waals surface area contributed by atoms with E-state index in [2.05, 4.69) is 4.72 Å². The van der Waals surface area contributed by atoms with Crippen LogP contribution in [-0.4, -0.2) is 73.5 Å². The number of carbonyl (C=O) groups is 1. The number of sulfonamides is 1. The van der Waals surface area contributed by atoms with Crippen LogP contribution in [0.15, 0.2) is 29.2 Å². The molecule has 2 saturated heterocycles. The Morgan fingerprint density at radius 3 is 2.37 bits per heavy atom. The second-order valence-electron chi connectivity index (χ2n) is 7.15. The molecule has 0 radical (unpaired) electrons. The second kappa shape index (κ2) is 8.24. The largest absolute Gasteiger partial charge is 0.388 e. The topological polar surface area (TPSA) is 116 Å². The zero-order valence-corrected chi connectivity index (χ0v) is 16.1. The Morgan fingerprint density at radius 1 is 1.15 bits per heavy atom. The molecule has 0 unspecified atom stereocenters. The van der Waals surface area contributed by atoms with Crippen LogP contribution in [0.1, 0.15) is 24.8 Å². The van der Waals surface area contributed by atoms with Gasteiger partial charge in [-0.25, -0.2) is 13.1 Å². The fraction of sp³-hybridized carbons (Fsp3) is 0.611. The van der Waals surface area contributed by atoms with Crippen LogP contribution in [0.5, 0.6) is 0 Å². The van der Waals surface area contributed by atoms with Gasteiger partial charge in [0.15, 0.2) is 0 Å². The van der Waals surface area contributed by atoms with Crippen LogP contribution in [0.2, 0.25) is 0 Å². The molecule has 0 saturated carbocycles. The number of ether oxygens (including phenoxy) is 1. The summed E-state index contributed by atoms with van der Waals surface area (Å²) in [6.45, 7) is 3.06. The van der Waals surface area contributed by atoms with Gasteiger partial charge in [0.05, 0.1) is 17.4 Å². The lowest BCUT2D eigenvalue weighted by Gasteiger charge is -2.19. The maximum atomic E-state index is 12.4. The Hall–Kier alpha value is -1.52. The number of nitrogens with one attached hydrogen (secondary N) is 1. The second-order valence-corrected chi connectivity index (χ2v) is 8.92. The average Bonchev–Trinajstić information content (AvgIpc) is 3.25. The van der Waals surface area contributed by atoms with Crippen LogP contribution in [0.25, 0.3) is 0 Å². The van der Waals surface area contributed by atoms with Crippen molar-refractivity contribution in [2.45, 2.75) is 55.5 Å². The van der Waals surface area contributed by atoms with Crippen LogP contribution in [0, 0.1) is 6.92 Å².